The maximum absolute atomic E-state index is 12.4. The van der Waals surface area contributed by atoms with Crippen LogP contribution in [0.25, 0.3) is 0 Å². The maximum atomic E-state index is 12.4. The van der Waals surface area contributed by atoms with E-state index in [2.05, 4.69) is 5.32 Å². The minimum Gasteiger partial charge on any atom is -0.478 e. The fraction of sp³-hybridized carbons (Fsp3) is 0.0476. The Kier molecular flexibility index (Phi) is 5.43. The first-order valence-corrected chi connectivity index (χ1v) is 8.49. The van der Waals surface area contributed by atoms with Gasteiger partial charge in [0.1, 0.15) is 11.5 Å². The second-order valence-electron chi connectivity index (χ2n) is 5.84. The standard InChI is InChI=1S/C21H16ClNO4/c1-13-7-8-15(22)11-19(13)27-16-9-10-17(21(25)26)18(12-16)23-20(24)14-5-3-2-4-6-14/h2-12H,1H3,(H,23,24)(H,25,26). The molecule has 1 amide bonds. The Balaban J connectivity index is 1.92. The molecule has 0 heterocycles. The number of carboxylic acid groups (broad SMARTS) is 1. The molecule has 2 N–H and O–H groups in total. The first-order chi connectivity index (χ1) is 12.9. The summed E-state index contributed by atoms with van der Waals surface area (Å²) in [5.41, 5.74) is 1.41. The van der Waals surface area contributed by atoms with E-state index in [1.165, 1.54) is 18.2 Å². The summed E-state index contributed by atoms with van der Waals surface area (Å²) < 4.78 is 5.82. The Morgan fingerprint density at radius 3 is 2.44 bits per heavy atom. The number of amides is 1. The zero-order valence-electron chi connectivity index (χ0n) is 14.4. The first-order valence-electron chi connectivity index (χ1n) is 8.12. The zero-order chi connectivity index (χ0) is 19.4. The van der Waals surface area contributed by atoms with Gasteiger partial charge in [0.25, 0.3) is 5.91 Å². The van der Waals surface area contributed by atoms with E-state index in [0.717, 1.165) is 5.56 Å². The third-order valence-corrected chi connectivity index (χ3v) is 4.12. The van der Waals surface area contributed by atoms with Crippen molar-refractivity contribution in [1.82, 2.24) is 0 Å². The molecule has 0 saturated carbocycles. The monoisotopic (exact) mass is 381 g/mol. The lowest BCUT2D eigenvalue weighted by Gasteiger charge is -2.13. The minimum atomic E-state index is -1.15. The van der Waals surface area contributed by atoms with Crippen LogP contribution in [0.4, 0.5) is 5.69 Å². The third kappa shape index (κ3) is 4.46. The average molecular weight is 382 g/mol. The minimum absolute atomic E-state index is 0.0329. The van der Waals surface area contributed by atoms with Crippen LogP contribution in [-0.2, 0) is 0 Å². The van der Waals surface area contributed by atoms with Crippen LogP contribution in [0.2, 0.25) is 5.02 Å². The molecule has 0 unspecified atom stereocenters. The smallest absolute Gasteiger partial charge is 0.337 e. The zero-order valence-corrected chi connectivity index (χ0v) is 15.2. The summed E-state index contributed by atoms with van der Waals surface area (Å²) in [7, 11) is 0. The van der Waals surface area contributed by atoms with Crippen molar-refractivity contribution in [1.29, 1.82) is 0 Å². The Morgan fingerprint density at radius 1 is 1.00 bits per heavy atom. The highest BCUT2D eigenvalue weighted by atomic mass is 35.5. The van der Waals surface area contributed by atoms with Crippen molar-refractivity contribution in [2.75, 3.05) is 5.32 Å². The van der Waals surface area contributed by atoms with Crippen LogP contribution in [0.3, 0.4) is 0 Å². The summed E-state index contributed by atoms with van der Waals surface area (Å²) in [6, 6.07) is 18.2. The number of halogens is 1. The highest BCUT2D eigenvalue weighted by Crippen LogP contribution is 2.31. The van der Waals surface area contributed by atoms with Gasteiger partial charge in [-0.2, -0.15) is 0 Å². The van der Waals surface area contributed by atoms with Crippen LogP contribution in [0.1, 0.15) is 26.3 Å². The van der Waals surface area contributed by atoms with Crippen molar-refractivity contribution in [3.8, 4) is 11.5 Å². The molecule has 0 radical (unpaired) electrons. The van der Waals surface area contributed by atoms with E-state index in [-0.39, 0.29) is 11.3 Å². The molecule has 0 bridgehead atoms. The molecule has 0 aliphatic heterocycles. The number of aromatic carboxylic acids is 1. The summed E-state index contributed by atoms with van der Waals surface area (Å²) in [6.07, 6.45) is 0. The molecule has 0 aromatic heterocycles. The summed E-state index contributed by atoms with van der Waals surface area (Å²) in [5.74, 6) is -0.627. The van der Waals surface area contributed by atoms with E-state index in [0.29, 0.717) is 22.1 Å². The van der Waals surface area contributed by atoms with Crippen molar-refractivity contribution < 1.29 is 19.4 Å². The van der Waals surface area contributed by atoms with Crippen molar-refractivity contribution in [3.05, 3.63) is 88.4 Å². The Labute approximate surface area is 161 Å². The SMILES string of the molecule is Cc1ccc(Cl)cc1Oc1ccc(C(=O)O)c(NC(=O)c2ccccc2)c1. The van der Waals surface area contributed by atoms with E-state index >= 15 is 0 Å². The summed E-state index contributed by atoms with van der Waals surface area (Å²) in [4.78, 5) is 23.9. The van der Waals surface area contributed by atoms with Gasteiger partial charge in [-0.25, -0.2) is 4.79 Å². The van der Waals surface area contributed by atoms with E-state index in [1.54, 1.807) is 42.5 Å². The van der Waals surface area contributed by atoms with Crippen molar-refractivity contribution in [3.63, 3.8) is 0 Å². The molecule has 136 valence electrons. The van der Waals surface area contributed by atoms with Crippen LogP contribution in [0, 0.1) is 6.92 Å². The number of aryl methyl sites for hydroxylation is 1. The van der Waals surface area contributed by atoms with Gasteiger partial charge in [0.2, 0.25) is 0 Å². The number of carbonyl (C=O) groups excluding carboxylic acids is 1. The molecule has 3 aromatic rings. The van der Waals surface area contributed by atoms with Gasteiger partial charge in [0, 0.05) is 16.7 Å². The Hall–Kier alpha value is -3.31. The summed E-state index contributed by atoms with van der Waals surface area (Å²) in [6.45, 7) is 1.87. The lowest BCUT2D eigenvalue weighted by molar-refractivity contribution is 0.0698. The molecule has 0 saturated heterocycles. The third-order valence-electron chi connectivity index (χ3n) is 3.88. The fourth-order valence-corrected chi connectivity index (χ4v) is 2.63. The van der Waals surface area contributed by atoms with E-state index < -0.39 is 11.9 Å². The number of rotatable bonds is 5. The highest BCUT2D eigenvalue weighted by Gasteiger charge is 2.15. The van der Waals surface area contributed by atoms with Crippen LogP contribution in [-0.4, -0.2) is 17.0 Å². The van der Waals surface area contributed by atoms with Crippen molar-refractivity contribution in [2.45, 2.75) is 6.92 Å². The molecule has 0 atom stereocenters. The Bertz CT molecular complexity index is 1000. The molecule has 0 aliphatic carbocycles. The lowest BCUT2D eigenvalue weighted by atomic mass is 10.1. The molecular formula is C21H16ClNO4. The van der Waals surface area contributed by atoms with Gasteiger partial charge < -0.3 is 15.2 Å². The van der Waals surface area contributed by atoms with Gasteiger partial charge in [-0.3, -0.25) is 4.79 Å². The second-order valence-corrected chi connectivity index (χ2v) is 6.28. The number of hydrogen-bond donors (Lipinski definition) is 2. The number of benzene rings is 3. The molecule has 0 aliphatic rings. The van der Waals surface area contributed by atoms with Gasteiger partial charge in [0.05, 0.1) is 11.3 Å². The first kappa shape index (κ1) is 18.5. The number of ether oxygens (including phenoxy) is 1. The van der Waals surface area contributed by atoms with Gasteiger partial charge in [-0.1, -0.05) is 35.9 Å². The molecule has 0 fully saturated rings. The molecular weight excluding hydrogens is 366 g/mol. The quantitative estimate of drug-likeness (QED) is 0.621. The van der Waals surface area contributed by atoms with Crippen molar-refractivity contribution >= 4 is 29.2 Å². The second kappa shape index (κ2) is 7.93. The topological polar surface area (TPSA) is 75.6 Å². The van der Waals surface area contributed by atoms with Gasteiger partial charge in [-0.15, -0.1) is 0 Å². The molecule has 6 heteroatoms. The molecule has 27 heavy (non-hydrogen) atoms. The summed E-state index contributed by atoms with van der Waals surface area (Å²) in [5, 5.41) is 12.6. The van der Waals surface area contributed by atoms with E-state index in [9.17, 15) is 14.7 Å². The summed E-state index contributed by atoms with van der Waals surface area (Å²) >= 11 is 6.00. The largest absolute Gasteiger partial charge is 0.478 e. The lowest BCUT2D eigenvalue weighted by Crippen LogP contribution is -2.14. The molecule has 3 aromatic carbocycles. The molecule has 3 rings (SSSR count). The fourth-order valence-electron chi connectivity index (χ4n) is 2.47. The van der Waals surface area contributed by atoms with Crippen LogP contribution in [0.15, 0.2) is 66.7 Å². The molecule has 0 spiro atoms. The number of anilines is 1. The number of carbonyl (C=O) groups is 2. The normalized spacial score (nSPS) is 10.3. The van der Waals surface area contributed by atoms with Gasteiger partial charge in [0.15, 0.2) is 0 Å². The average Bonchev–Trinajstić information content (AvgIpc) is 2.65. The van der Waals surface area contributed by atoms with Crippen LogP contribution >= 0.6 is 11.6 Å². The predicted molar refractivity (Wildman–Crippen MR) is 104 cm³/mol. The van der Waals surface area contributed by atoms with Gasteiger partial charge >= 0.3 is 5.97 Å². The number of carboxylic acids is 1. The van der Waals surface area contributed by atoms with Crippen LogP contribution < -0.4 is 10.1 Å². The maximum Gasteiger partial charge on any atom is 0.337 e. The molecule has 5 nitrogen and oxygen atoms in total. The van der Waals surface area contributed by atoms with E-state index in [4.69, 9.17) is 16.3 Å². The Morgan fingerprint density at radius 2 is 1.74 bits per heavy atom. The number of hydrogen-bond acceptors (Lipinski definition) is 3. The van der Waals surface area contributed by atoms with E-state index in [1.807, 2.05) is 13.0 Å². The van der Waals surface area contributed by atoms with Gasteiger partial charge in [-0.05, 0) is 48.9 Å². The van der Waals surface area contributed by atoms with Crippen LogP contribution in [0.5, 0.6) is 11.5 Å². The predicted octanol–water partition coefficient (Wildman–Crippen LogP) is 5.39. The number of nitrogens with one attached hydrogen (secondary N) is 1. The van der Waals surface area contributed by atoms with Crippen molar-refractivity contribution in [2.24, 2.45) is 0 Å². The highest BCUT2D eigenvalue weighted by molar-refractivity contribution is 6.30.